The summed E-state index contributed by atoms with van der Waals surface area (Å²) in [6.07, 6.45) is -3.59. The Morgan fingerprint density at radius 2 is 1.80 bits per heavy atom. The average Bonchev–Trinajstić information content (AvgIpc) is 3.73. The van der Waals surface area contributed by atoms with E-state index < -0.39 is 54.4 Å². The number of hydrogen-bond acceptors (Lipinski definition) is 5. The van der Waals surface area contributed by atoms with Crippen molar-refractivity contribution in [3.63, 3.8) is 0 Å². The van der Waals surface area contributed by atoms with Gasteiger partial charge in [-0.25, -0.2) is 8.78 Å². The van der Waals surface area contributed by atoms with E-state index >= 15 is 0 Å². The van der Waals surface area contributed by atoms with E-state index in [9.17, 15) is 31.5 Å². The molecule has 2 heterocycles. The van der Waals surface area contributed by atoms with Crippen molar-refractivity contribution in [3.05, 3.63) is 42.0 Å². The molecule has 0 spiro atoms. The molecule has 2 aromatic carbocycles. The predicted octanol–water partition coefficient (Wildman–Crippen LogP) is 4.43. The molecular formula is C28H31F5N4O3. The zero-order valence-electron chi connectivity index (χ0n) is 22.0. The van der Waals surface area contributed by atoms with Crippen LogP contribution in [0.2, 0.25) is 0 Å². The van der Waals surface area contributed by atoms with Gasteiger partial charge in [-0.3, -0.25) is 9.59 Å². The highest BCUT2D eigenvalue weighted by Gasteiger charge is 2.50. The van der Waals surface area contributed by atoms with Gasteiger partial charge in [-0.15, -0.1) is 0 Å². The van der Waals surface area contributed by atoms with E-state index in [1.807, 2.05) is 11.9 Å². The zero-order valence-corrected chi connectivity index (χ0v) is 22.0. The number of anilines is 2. The van der Waals surface area contributed by atoms with Crippen LogP contribution in [0.3, 0.4) is 0 Å². The van der Waals surface area contributed by atoms with Crippen LogP contribution in [-0.2, 0) is 9.59 Å². The summed E-state index contributed by atoms with van der Waals surface area (Å²) in [6, 6.07) is 6.79. The summed E-state index contributed by atoms with van der Waals surface area (Å²) in [7, 11) is 1.97. The first-order chi connectivity index (χ1) is 19.0. The van der Waals surface area contributed by atoms with E-state index in [4.69, 9.17) is 4.74 Å². The summed E-state index contributed by atoms with van der Waals surface area (Å²) in [4.78, 5) is 29.1. The number of hydrogen-bond donors (Lipinski definition) is 2. The number of carbonyl (C=O) groups excluding carboxylic acids is 2. The van der Waals surface area contributed by atoms with Crippen molar-refractivity contribution >= 4 is 23.2 Å². The number of ether oxygens (including phenoxy) is 1. The lowest BCUT2D eigenvalue weighted by Crippen LogP contribution is -2.50. The van der Waals surface area contributed by atoms with E-state index in [0.29, 0.717) is 36.9 Å². The zero-order chi connectivity index (χ0) is 28.6. The van der Waals surface area contributed by atoms with Crippen LogP contribution in [0.15, 0.2) is 30.3 Å². The van der Waals surface area contributed by atoms with Crippen molar-refractivity contribution in [1.82, 2.24) is 10.2 Å². The first kappa shape index (κ1) is 28.1. The van der Waals surface area contributed by atoms with Crippen LogP contribution in [0.5, 0.6) is 5.75 Å². The number of halogens is 5. The van der Waals surface area contributed by atoms with Gasteiger partial charge in [0.05, 0.1) is 29.8 Å². The summed E-state index contributed by atoms with van der Waals surface area (Å²) in [6.45, 7) is 2.54. The van der Waals surface area contributed by atoms with Gasteiger partial charge in [-0.2, -0.15) is 13.2 Å². The normalized spacial score (nSPS) is 22.1. The van der Waals surface area contributed by atoms with Gasteiger partial charge in [0.2, 0.25) is 11.8 Å². The van der Waals surface area contributed by atoms with Crippen molar-refractivity contribution in [2.24, 2.45) is 17.8 Å². The highest BCUT2D eigenvalue weighted by Crippen LogP contribution is 2.39. The molecule has 216 valence electrons. The molecule has 3 fully saturated rings. The fourth-order valence-corrected chi connectivity index (χ4v) is 5.10. The van der Waals surface area contributed by atoms with Gasteiger partial charge in [0, 0.05) is 50.8 Å². The van der Waals surface area contributed by atoms with Crippen LogP contribution in [0.4, 0.5) is 33.3 Å². The molecule has 12 heteroatoms. The largest absolute Gasteiger partial charge is 0.490 e. The Kier molecular flexibility index (Phi) is 7.89. The predicted molar refractivity (Wildman–Crippen MR) is 139 cm³/mol. The molecule has 2 unspecified atom stereocenters. The van der Waals surface area contributed by atoms with Crippen molar-refractivity contribution in [3.8, 4) is 16.9 Å². The molecule has 2 aliphatic heterocycles. The topological polar surface area (TPSA) is 73.9 Å². The Hall–Kier alpha value is -3.41. The Morgan fingerprint density at radius 3 is 2.48 bits per heavy atom. The summed E-state index contributed by atoms with van der Waals surface area (Å²) in [5.74, 6) is -6.74. The smallest absolute Gasteiger partial charge is 0.393 e. The number of likely N-dealkylation sites (N-methyl/N-ethyl adjacent to an activating group) is 1. The first-order valence-electron chi connectivity index (χ1n) is 13.3. The minimum Gasteiger partial charge on any atom is -0.490 e. The third kappa shape index (κ3) is 6.32. The van der Waals surface area contributed by atoms with Gasteiger partial charge in [0.25, 0.3) is 0 Å². The van der Waals surface area contributed by atoms with Gasteiger partial charge < -0.3 is 25.2 Å². The number of benzene rings is 2. The fraction of sp³-hybridized carbons (Fsp3) is 0.500. The lowest BCUT2D eigenvalue weighted by molar-refractivity contribution is -0.197. The Labute approximate surface area is 228 Å². The molecule has 1 aliphatic carbocycles. The van der Waals surface area contributed by atoms with Crippen LogP contribution in [0, 0.1) is 29.4 Å². The molecule has 2 N–H and O–H groups in total. The van der Waals surface area contributed by atoms with Crippen molar-refractivity contribution < 1.29 is 36.3 Å². The molecule has 0 radical (unpaired) electrons. The van der Waals surface area contributed by atoms with Crippen LogP contribution in [0.25, 0.3) is 11.1 Å². The number of carbonyl (C=O) groups is 2. The van der Waals surface area contributed by atoms with Crippen molar-refractivity contribution in [1.29, 1.82) is 0 Å². The monoisotopic (exact) mass is 566 g/mol. The minimum absolute atomic E-state index is 0.0331. The lowest BCUT2D eigenvalue weighted by atomic mass is 9.84. The molecule has 2 atom stereocenters. The summed E-state index contributed by atoms with van der Waals surface area (Å²) < 4.78 is 76.1. The van der Waals surface area contributed by atoms with E-state index in [-0.39, 0.29) is 17.0 Å². The first-order valence-corrected chi connectivity index (χ1v) is 13.3. The number of piperidine rings is 1. The van der Waals surface area contributed by atoms with Gasteiger partial charge in [-0.05, 0) is 49.6 Å². The summed E-state index contributed by atoms with van der Waals surface area (Å²) in [5.41, 5.74) is 1.10. The number of alkyl halides is 3. The van der Waals surface area contributed by atoms with E-state index in [1.165, 1.54) is 12.1 Å². The van der Waals surface area contributed by atoms with Crippen LogP contribution in [-0.4, -0.2) is 69.3 Å². The van der Waals surface area contributed by atoms with E-state index in [1.54, 1.807) is 12.1 Å². The quantitative estimate of drug-likeness (QED) is 0.486. The van der Waals surface area contributed by atoms with Crippen molar-refractivity contribution in [2.45, 2.75) is 25.4 Å². The number of nitrogens with zero attached hydrogens (tertiary/aromatic N) is 2. The molecular weight excluding hydrogens is 535 g/mol. The Balaban J connectivity index is 1.48. The highest BCUT2D eigenvalue weighted by atomic mass is 19.4. The fourth-order valence-electron chi connectivity index (χ4n) is 5.10. The van der Waals surface area contributed by atoms with Gasteiger partial charge in [0.1, 0.15) is 5.82 Å². The second-order valence-corrected chi connectivity index (χ2v) is 10.8. The maximum atomic E-state index is 15.0. The summed E-state index contributed by atoms with van der Waals surface area (Å²) in [5, 5.41) is 4.99. The SMILES string of the molecule is CN1CCN(c2ccc(-c3cc(OCC4CC4)c(F)cc3F)cc2NC(=O)C2CNC(=O)CC2C(F)(F)F)CC1. The minimum atomic E-state index is -4.74. The molecule has 2 amide bonds. The van der Waals surface area contributed by atoms with Crippen LogP contribution < -0.4 is 20.3 Å². The molecule has 0 aromatic heterocycles. The Morgan fingerprint density at radius 1 is 1.07 bits per heavy atom. The second-order valence-electron chi connectivity index (χ2n) is 10.8. The number of nitrogens with one attached hydrogen (secondary N) is 2. The molecule has 3 aliphatic rings. The van der Waals surface area contributed by atoms with Crippen molar-refractivity contribution in [2.75, 3.05) is 56.6 Å². The third-order valence-corrected chi connectivity index (χ3v) is 7.77. The highest BCUT2D eigenvalue weighted by molar-refractivity contribution is 5.98. The molecule has 40 heavy (non-hydrogen) atoms. The van der Waals surface area contributed by atoms with Crippen LogP contribution in [0.1, 0.15) is 19.3 Å². The van der Waals surface area contributed by atoms with Gasteiger partial charge >= 0.3 is 6.18 Å². The maximum absolute atomic E-state index is 15.0. The van der Waals surface area contributed by atoms with Gasteiger partial charge in [-0.1, -0.05) is 6.07 Å². The molecule has 2 aromatic rings. The number of rotatable bonds is 7. The second kappa shape index (κ2) is 11.2. The molecule has 1 saturated carbocycles. The lowest BCUT2D eigenvalue weighted by Gasteiger charge is -2.36. The van der Waals surface area contributed by atoms with E-state index in [0.717, 1.165) is 32.0 Å². The van der Waals surface area contributed by atoms with E-state index in [2.05, 4.69) is 15.5 Å². The number of amides is 2. The van der Waals surface area contributed by atoms with Crippen LogP contribution >= 0.6 is 0 Å². The molecule has 5 rings (SSSR count). The molecule has 2 saturated heterocycles. The van der Waals surface area contributed by atoms with Gasteiger partial charge in [0.15, 0.2) is 11.6 Å². The molecule has 0 bridgehead atoms. The average molecular weight is 567 g/mol. The molecule has 7 nitrogen and oxygen atoms in total. The number of piperazine rings is 1. The maximum Gasteiger partial charge on any atom is 0.393 e. The summed E-state index contributed by atoms with van der Waals surface area (Å²) >= 11 is 0. The standard InChI is InChI=1S/C28H31F5N4O3/c1-36-6-8-37(9-7-36)24-5-4-17(18-11-25(22(30)13-21(18)29)40-15-16-2-3-16)10-23(24)35-27(39)19-14-34-26(38)12-20(19)28(31,32)33/h4-5,10-11,13,16,19-20H,2-3,6-9,12,14-15H2,1H3,(H,34,38)(H,35,39). The third-order valence-electron chi connectivity index (χ3n) is 7.77. The Bertz CT molecular complexity index is 1280.